The van der Waals surface area contributed by atoms with Gasteiger partial charge in [-0.25, -0.2) is 4.57 Å². The van der Waals surface area contributed by atoms with Crippen molar-refractivity contribution in [2.24, 2.45) is 5.73 Å². The third-order valence-corrected chi connectivity index (χ3v) is 4.59. The Labute approximate surface area is 145 Å². The van der Waals surface area contributed by atoms with Gasteiger partial charge in [0, 0.05) is 6.04 Å². The largest absolute Gasteiger partial charge is 0.469 e. The molecule has 24 heavy (non-hydrogen) atoms. The van der Waals surface area contributed by atoms with E-state index < -0.39 is 7.82 Å². The van der Waals surface area contributed by atoms with Crippen LogP contribution >= 0.6 is 7.82 Å². The fraction of sp³-hybridized carbons (Fsp3) is 0.667. The van der Waals surface area contributed by atoms with E-state index >= 15 is 0 Å². The van der Waals surface area contributed by atoms with Gasteiger partial charge in [0.2, 0.25) is 0 Å². The average Bonchev–Trinajstić information content (AvgIpc) is 2.54. The Hall–Kier alpha value is -0.710. The summed E-state index contributed by atoms with van der Waals surface area (Å²) < 4.78 is 15.0. The highest BCUT2D eigenvalue weighted by atomic mass is 31.2. The van der Waals surface area contributed by atoms with Gasteiger partial charge in [-0.3, -0.25) is 4.52 Å². The van der Waals surface area contributed by atoms with E-state index in [9.17, 15) is 4.57 Å². The molecule has 0 saturated carbocycles. The SMILES string of the molecule is CCCCCCCCc1ccc(CC[C@@H](N)COP(=O)(O)O)cc1. The molecule has 4 N–H and O–H groups in total. The standard InChI is InChI=1S/C18H32NO4P/c1-2-3-4-5-6-7-8-16-9-11-17(12-10-16)13-14-18(19)15-23-24(20,21)22/h9-12,18H,2-8,13-15,19H2,1H3,(H2,20,21,22)/t18-/m1/s1. The summed E-state index contributed by atoms with van der Waals surface area (Å²) in [5.74, 6) is 0. The van der Waals surface area contributed by atoms with Crippen LogP contribution in [0.1, 0.15) is 63.0 Å². The van der Waals surface area contributed by atoms with E-state index in [1.807, 2.05) is 0 Å². The van der Waals surface area contributed by atoms with Gasteiger partial charge in [0.15, 0.2) is 0 Å². The first kappa shape index (κ1) is 21.3. The topological polar surface area (TPSA) is 92.8 Å². The lowest BCUT2D eigenvalue weighted by Gasteiger charge is -2.12. The molecule has 1 atom stereocenters. The maximum absolute atomic E-state index is 10.6. The molecule has 1 aromatic rings. The second-order valence-corrected chi connectivity index (χ2v) is 7.66. The van der Waals surface area contributed by atoms with Gasteiger partial charge in [-0.1, -0.05) is 63.3 Å². The van der Waals surface area contributed by atoms with E-state index in [4.69, 9.17) is 15.5 Å². The fourth-order valence-corrected chi connectivity index (χ4v) is 3.00. The molecule has 0 spiro atoms. The van der Waals surface area contributed by atoms with Crippen LogP contribution in [0.3, 0.4) is 0 Å². The van der Waals surface area contributed by atoms with E-state index in [0.29, 0.717) is 6.42 Å². The molecular weight excluding hydrogens is 325 g/mol. The van der Waals surface area contributed by atoms with Gasteiger partial charge in [-0.15, -0.1) is 0 Å². The van der Waals surface area contributed by atoms with E-state index in [2.05, 4.69) is 35.7 Å². The summed E-state index contributed by atoms with van der Waals surface area (Å²) in [6.45, 7) is 2.11. The van der Waals surface area contributed by atoms with Gasteiger partial charge >= 0.3 is 7.82 Å². The highest BCUT2D eigenvalue weighted by molar-refractivity contribution is 7.46. The van der Waals surface area contributed by atoms with Crippen molar-refractivity contribution in [3.05, 3.63) is 35.4 Å². The quantitative estimate of drug-likeness (QED) is 0.367. The van der Waals surface area contributed by atoms with Crippen molar-refractivity contribution < 1.29 is 18.9 Å². The molecule has 0 radical (unpaired) electrons. The number of unbranched alkanes of at least 4 members (excludes halogenated alkanes) is 5. The van der Waals surface area contributed by atoms with Gasteiger partial charge in [-0.2, -0.15) is 0 Å². The Balaban J connectivity index is 2.21. The summed E-state index contributed by atoms with van der Waals surface area (Å²) in [5, 5.41) is 0. The van der Waals surface area contributed by atoms with Crippen molar-refractivity contribution in [2.45, 2.75) is 70.8 Å². The van der Waals surface area contributed by atoms with Crippen molar-refractivity contribution in [1.82, 2.24) is 0 Å². The molecule has 0 aliphatic carbocycles. The van der Waals surface area contributed by atoms with Gasteiger partial charge in [0.25, 0.3) is 0 Å². The second-order valence-electron chi connectivity index (χ2n) is 6.42. The third kappa shape index (κ3) is 11.0. The van der Waals surface area contributed by atoms with Gasteiger partial charge < -0.3 is 15.5 Å². The van der Waals surface area contributed by atoms with Gasteiger partial charge in [0.05, 0.1) is 6.61 Å². The van der Waals surface area contributed by atoms with Crippen LogP contribution in [0, 0.1) is 0 Å². The fourth-order valence-electron chi connectivity index (χ4n) is 2.61. The van der Waals surface area contributed by atoms with Crippen LogP contribution in [0.25, 0.3) is 0 Å². The number of phosphoric acid groups is 1. The highest BCUT2D eigenvalue weighted by Crippen LogP contribution is 2.35. The number of aryl methyl sites for hydroxylation is 2. The number of phosphoric ester groups is 1. The van der Waals surface area contributed by atoms with Crippen LogP contribution in [-0.4, -0.2) is 22.4 Å². The van der Waals surface area contributed by atoms with E-state index in [1.54, 1.807) is 0 Å². The first-order valence-electron chi connectivity index (χ1n) is 8.94. The maximum atomic E-state index is 10.6. The molecule has 0 saturated heterocycles. The van der Waals surface area contributed by atoms with Gasteiger partial charge in [-0.05, 0) is 36.8 Å². The zero-order valence-corrected chi connectivity index (χ0v) is 15.6. The minimum absolute atomic E-state index is 0.125. The minimum atomic E-state index is -4.42. The van der Waals surface area contributed by atoms with Crippen molar-refractivity contribution in [3.8, 4) is 0 Å². The summed E-state index contributed by atoms with van der Waals surface area (Å²) in [4.78, 5) is 17.3. The molecule has 0 aliphatic rings. The van der Waals surface area contributed by atoms with E-state index in [0.717, 1.165) is 12.8 Å². The lowest BCUT2D eigenvalue weighted by atomic mass is 10.0. The molecule has 138 valence electrons. The maximum Gasteiger partial charge on any atom is 0.469 e. The molecule has 1 aromatic carbocycles. The van der Waals surface area contributed by atoms with Crippen LogP contribution < -0.4 is 5.73 Å². The van der Waals surface area contributed by atoms with E-state index in [1.165, 1.54) is 49.7 Å². The van der Waals surface area contributed by atoms with Crippen molar-refractivity contribution in [3.63, 3.8) is 0 Å². The number of benzene rings is 1. The number of nitrogens with two attached hydrogens (primary N) is 1. The summed E-state index contributed by atoms with van der Waals surface area (Å²) in [5.41, 5.74) is 8.36. The zero-order chi connectivity index (χ0) is 17.8. The minimum Gasteiger partial charge on any atom is -0.326 e. The van der Waals surface area contributed by atoms with Crippen LogP contribution in [0.2, 0.25) is 0 Å². The smallest absolute Gasteiger partial charge is 0.326 e. The summed E-state index contributed by atoms with van der Waals surface area (Å²) in [6.07, 6.45) is 10.4. The van der Waals surface area contributed by atoms with Crippen LogP contribution in [-0.2, 0) is 21.9 Å². The molecular formula is C18H32NO4P. The monoisotopic (exact) mass is 357 g/mol. The van der Waals surface area contributed by atoms with Crippen LogP contribution in [0.15, 0.2) is 24.3 Å². The Morgan fingerprint density at radius 3 is 2.12 bits per heavy atom. The van der Waals surface area contributed by atoms with Crippen molar-refractivity contribution in [1.29, 1.82) is 0 Å². The molecule has 0 bridgehead atoms. The Kier molecular flexibility index (Phi) is 10.5. The average molecular weight is 357 g/mol. The number of hydrogen-bond acceptors (Lipinski definition) is 3. The molecule has 0 aromatic heterocycles. The predicted molar refractivity (Wildman–Crippen MR) is 97.8 cm³/mol. The molecule has 5 nitrogen and oxygen atoms in total. The van der Waals surface area contributed by atoms with Gasteiger partial charge in [0.1, 0.15) is 0 Å². The molecule has 0 amide bonds. The van der Waals surface area contributed by atoms with Crippen LogP contribution in [0.4, 0.5) is 0 Å². The first-order valence-corrected chi connectivity index (χ1v) is 10.5. The van der Waals surface area contributed by atoms with Crippen molar-refractivity contribution >= 4 is 7.82 Å². The number of hydrogen-bond donors (Lipinski definition) is 3. The molecule has 0 fully saturated rings. The second kappa shape index (κ2) is 11.8. The highest BCUT2D eigenvalue weighted by Gasteiger charge is 2.15. The van der Waals surface area contributed by atoms with E-state index in [-0.39, 0.29) is 12.6 Å². The lowest BCUT2D eigenvalue weighted by molar-refractivity contribution is 0.184. The molecule has 1 rings (SSSR count). The molecule has 0 unspecified atom stereocenters. The molecule has 6 heteroatoms. The van der Waals surface area contributed by atoms with Crippen molar-refractivity contribution in [2.75, 3.05) is 6.61 Å². The Morgan fingerprint density at radius 2 is 1.54 bits per heavy atom. The third-order valence-electron chi connectivity index (χ3n) is 4.10. The predicted octanol–water partition coefficient (Wildman–Crippen LogP) is 3.96. The summed E-state index contributed by atoms with van der Waals surface area (Å²) >= 11 is 0. The van der Waals surface area contributed by atoms with Crippen LogP contribution in [0.5, 0.6) is 0 Å². The Bertz CT molecular complexity index is 486. The molecule has 0 aliphatic heterocycles. The first-order chi connectivity index (χ1) is 11.4. The molecule has 0 heterocycles. The normalized spacial score (nSPS) is 13.2. The lowest BCUT2D eigenvalue weighted by Crippen LogP contribution is -2.26. The summed E-state index contributed by atoms with van der Waals surface area (Å²) in [6, 6.07) is 8.18. The Morgan fingerprint density at radius 1 is 1.00 bits per heavy atom. The number of rotatable bonds is 13. The zero-order valence-electron chi connectivity index (χ0n) is 14.7. The summed E-state index contributed by atoms with van der Waals surface area (Å²) in [7, 11) is -4.42.